The maximum Gasteiger partial charge on any atom is 0.119 e. The van der Waals surface area contributed by atoms with Crippen molar-refractivity contribution in [3.8, 4) is 11.5 Å². The molecule has 4 heteroatoms. The molecule has 110 valence electrons. The van der Waals surface area contributed by atoms with Crippen molar-refractivity contribution in [1.29, 1.82) is 0 Å². The molecule has 0 unspecified atom stereocenters. The van der Waals surface area contributed by atoms with Crippen LogP contribution in [0.2, 0.25) is 0 Å². The molecule has 0 atom stereocenters. The van der Waals surface area contributed by atoms with Gasteiger partial charge in [0, 0.05) is 12.0 Å². The second kappa shape index (κ2) is 7.33. The van der Waals surface area contributed by atoms with Gasteiger partial charge in [0.15, 0.2) is 0 Å². The minimum absolute atomic E-state index is 0.565. The fourth-order valence-corrected chi connectivity index (χ4v) is 1.95. The van der Waals surface area contributed by atoms with Crippen molar-refractivity contribution in [3.63, 3.8) is 0 Å². The Morgan fingerprint density at radius 3 is 2.52 bits per heavy atom. The molecule has 1 N–H and O–H groups in total. The summed E-state index contributed by atoms with van der Waals surface area (Å²) in [6, 6.07) is 15.5. The molecule has 21 heavy (non-hydrogen) atoms. The summed E-state index contributed by atoms with van der Waals surface area (Å²) in [4.78, 5) is 0. The molecule has 0 aliphatic rings. The molecule has 0 aliphatic heterocycles. The summed E-state index contributed by atoms with van der Waals surface area (Å²) >= 11 is 0. The Kier molecular flexibility index (Phi) is 5.21. The molecule has 0 aliphatic carbocycles. The third-order valence-electron chi connectivity index (χ3n) is 3.22. The number of rotatable bonds is 6. The fourth-order valence-electron chi connectivity index (χ4n) is 1.95. The predicted octanol–water partition coefficient (Wildman–Crippen LogP) is 3.51. The van der Waals surface area contributed by atoms with E-state index < -0.39 is 0 Å². The zero-order valence-electron chi connectivity index (χ0n) is 12.2. The number of nitrogens with zero attached hydrogens (tertiary/aromatic N) is 1. The van der Waals surface area contributed by atoms with Gasteiger partial charge in [0.2, 0.25) is 0 Å². The first-order valence-electron chi connectivity index (χ1n) is 6.78. The van der Waals surface area contributed by atoms with E-state index in [0.29, 0.717) is 12.3 Å². The number of ether oxygens (including phenoxy) is 2. The van der Waals surface area contributed by atoms with Crippen molar-refractivity contribution < 1.29 is 14.7 Å². The van der Waals surface area contributed by atoms with E-state index in [9.17, 15) is 0 Å². The molecule has 2 rings (SSSR count). The van der Waals surface area contributed by atoms with Crippen molar-refractivity contribution in [3.05, 3.63) is 59.7 Å². The Balaban J connectivity index is 1.91. The maximum absolute atomic E-state index is 8.78. The molecule has 0 radical (unpaired) electrons. The van der Waals surface area contributed by atoms with Crippen LogP contribution >= 0.6 is 0 Å². The second-order valence-corrected chi connectivity index (χ2v) is 4.66. The summed E-state index contributed by atoms with van der Waals surface area (Å²) in [5.41, 5.74) is 2.61. The van der Waals surface area contributed by atoms with Gasteiger partial charge in [-0.2, -0.15) is 0 Å². The normalized spacial score (nSPS) is 11.2. The Morgan fingerprint density at radius 1 is 1.10 bits per heavy atom. The number of oxime groups is 1. The number of hydrogen-bond acceptors (Lipinski definition) is 4. The third-order valence-corrected chi connectivity index (χ3v) is 3.22. The summed E-state index contributed by atoms with van der Waals surface area (Å²) in [5, 5.41) is 12.0. The lowest BCUT2D eigenvalue weighted by atomic mass is 10.1. The van der Waals surface area contributed by atoms with Crippen molar-refractivity contribution in [1.82, 2.24) is 0 Å². The van der Waals surface area contributed by atoms with Crippen LogP contribution in [-0.4, -0.2) is 24.6 Å². The first-order valence-corrected chi connectivity index (χ1v) is 6.78. The molecule has 0 amide bonds. The van der Waals surface area contributed by atoms with Crippen LogP contribution in [0, 0.1) is 0 Å². The van der Waals surface area contributed by atoms with Crippen molar-refractivity contribution in [2.24, 2.45) is 5.16 Å². The molecule has 4 nitrogen and oxygen atoms in total. The molecular formula is C17H19NO3. The highest BCUT2D eigenvalue weighted by Gasteiger charge is 2.01. The summed E-state index contributed by atoms with van der Waals surface area (Å²) in [6.45, 7) is 2.33. The standard InChI is InChI=1S/C17H19NO3/c1-13(18-19)15-4-3-5-17(12-15)21-11-10-14-6-8-16(20-2)9-7-14/h3-9,12,19H,10-11H2,1-2H3. The maximum atomic E-state index is 8.78. The van der Waals surface area contributed by atoms with E-state index in [0.717, 1.165) is 23.5 Å². The van der Waals surface area contributed by atoms with Crippen LogP contribution in [0.4, 0.5) is 0 Å². The Morgan fingerprint density at radius 2 is 1.86 bits per heavy atom. The van der Waals surface area contributed by atoms with Crippen LogP contribution in [0.15, 0.2) is 53.7 Å². The van der Waals surface area contributed by atoms with E-state index in [1.54, 1.807) is 14.0 Å². The van der Waals surface area contributed by atoms with Gasteiger partial charge in [-0.25, -0.2) is 0 Å². The largest absolute Gasteiger partial charge is 0.497 e. The van der Waals surface area contributed by atoms with Crippen LogP contribution < -0.4 is 9.47 Å². The van der Waals surface area contributed by atoms with Crippen LogP contribution in [0.3, 0.4) is 0 Å². The highest BCUT2D eigenvalue weighted by Crippen LogP contribution is 2.15. The van der Waals surface area contributed by atoms with Crippen LogP contribution in [0.25, 0.3) is 0 Å². The van der Waals surface area contributed by atoms with Gasteiger partial charge in [-0.3, -0.25) is 0 Å². The molecule has 0 aromatic heterocycles. The monoisotopic (exact) mass is 285 g/mol. The second-order valence-electron chi connectivity index (χ2n) is 4.66. The lowest BCUT2D eigenvalue weighted by Gasteiger charge is -2.08. The Labute approximate surface area is 124 Å². The predicted molar refractivity (Wildman–Crippen MR) is 82.6 cm³/mol. The van der Waals surface area contributed by atoms with Gasteiger partial charge in [0.05, 0.1) is 19.4 Å². The number of hydrogen-bond donors (Lipinski definition) is 1. The van der Waals surface area contributed by atoms with E-state index in [1.165, 1.54) is 5.56 Å². The summed E-state index contributed by atoms with van der Waals surface area (Å²) in [7, 11) is 1.66. The molecule has 0 fully saturated rings. The van der Waals surface area contributed by atoms with Crippen molar-refractivity contribution in [2.45, 2.75) is 13.3 Å². The fraction of sp³-hybridized carbons (Fsp3) is 0.235. The molecule has 2 aromatic carbocycles. The highest BCUT2D eigenvalue weighted by atomic mass is 16.5. The smallest absolute Gasteiger partial charge is 0.119 e. The van der Waals surface area contributed by atoms with E-state index in [-0.39, 0.29) is 0 Å². The molecule has 2 aromatic rings. The summed E-state index contributed by atoms with van der Waals surface area (Å²) < 4.78 is 10.9. The quantitative estimate of drug-likeness (QED) is 0.502. The van der Waals surface area contributed by atoms with Gasteiger partial charge >= 0.3 is 0 Å². The van der Waals surface area contributed by atoms with Crippen LogP contribution in [0.5, 0.6) is 11.5 Å². The lowest BCUT2D eigenvalue weighted by Crippen LogP contribution is -2.02. The lowest BCUT2D eigenvalue weighted by molar-refractivity contribution is 0.318. The average Bonchev–Trinajstić information content (AvgIpc) is 2.55. The first kappa shape index (κ1) is 14.9. The zero-order valence-corrected chi connectivity index (χ0v) is 12.2. The topological polar surface area (TPSA) is 51.0 Å². The number of benzene rings is 2. The zero-order chi connectivity index (χ0) is 15.1. The molecule has 0 saturated heterocycles. The van der Waals surface area contributed by atoms with Gasteiger partial charge in [-0.05, 0) is 36.8 Å². The molecule has 0 spiro atoms. The molecule has 0 heterocycles. The van der Waals surface area contributed by atoms with Gasteiger partial charge < -0.3 is 14.7 Å². The summed E-state index contributed by atoms with van der Waals surface area (Å²) in [5.74, 6) is 1.62. The van der Waals surface area contributed by atoms with Crippen LogP contribution in [-0.2, 0) is 6.42 Å². The van der Waals surface area contributed by atoms with Gasteiger partial charge in [0.1, 0.15) is 11.5 Å². The van der Waals surface area contributed by atoms with E-state index in [1.807, 2.05) is 48.5 Å². The van der Waals surface area contributed by atoms with Crippen LogP contribution in [0.1, 0.15) is 18.1 Å². The molecular weight excluding hydrogens is 266 g/mol. The van der Waals surface area contributed by atoms with E-state index >= 15 is 0 Å². The molecule has 0 bridgehead atoms. The average molecular weight is 285 g/mol. The van der Waals surface area contributed by atoms with Crippen molar-refractivity contribution >= 4 is 5.71 Å². The minimum atomic E-state index is 0.565. The Bertz CT molecular complexity index is 606. The highest BCUT2D eigenvalue weighted by molar-refractivity contribution is 5.98. The number of methoxy groups -OCH3 is 1. The molecule has 0 saturated carbocycles. The van der Waals surface area contributed by atoms with Crippen molar-refractivity contribution in [2.75, 3.05) is 13.7 Å². The van der Waals surface area contributed by atoms with Gasteiger partial charge in [0.25, 0.3) is 0 Å². The Hall–Kier alpha value is -2.49. The minimum Gasteiger partial charge on any atom is -0.497 e. The van der Waals surface area contributed by atoms with Gasteiger partial charge in [-0.1, -0.05) is 29.4 Å². The first-order chi connectivity index (χ1) is 10.2. The van der Waals surface area contributed by atoms with Gasteiger partial charge in [-0.15, -0.1) is 0 Å². The van der Waals surface area contributed by atoms with E-state index in [4.69, 9.17) is 14.7 Å². The SMILES string of the molecule is COc1ccc(CCOc2cccc(C(C)=NO)c2)cc1. The third kappa shape index (κ3) is 4.24. The summed E-state index contributed by atoms with van der Waals surface area (Å²) in [6.07, 6.45) is 0.821. The van der Waals surface area contributed by atoms with E-state index in [2.05, 4.69) is 5.16 Å².